The summed E-state index contributed by atoms with van der Waals surface area (Å²) in [5.74, 6) is 0. The fourth-order valence-electron chi connectivity index (χ4n) is 1.11. The van der Waals surface area contributed by atoms with E-state index >= 15 is 0 Å². The Morgan fingerprint density at radius 3 is 2.58 bits per heavy atom. The Hall–Kier alpha value is 0.0700. The number of hydrogen-bond donors (Lipinski definition) is 2. The average molecular weight is 193 g/mol. The van der Waals surface area contributed by atoms with Gasteiger partial charge in [-0.1, -0.05) is 32.6 Å². The van der Waals surface area contributed by atoms with Crippen LogP contribution in [0.5, 0.6) is 0 Å². The van der Waals surface area contributed by atoms with Crippen LogP contribution in [0.4, 0.5) is 0 Å². The van der Waals surface area contributed by atoms with Gasteiger partial charge in [-0.3, -0.25) is 4.55 Å². The van der Waals surface area contributed by atoms with Gasteiger partial charge in [0.05, 0.1) is 0 Å². The minimum Gasteiger partial charge on any atom is -0.294 e. The summed E-state index contributed by atoms with van der Waals surface area (Å²) in [6, 6.07) is 0.146. The minimum atomic E-state index is -1.85. The Kier molecular flexibility index (Phi) is 7.75. The lowest BCUT2D eigenvalue weighted by molar-refractivity contribution is 0.505. The lowest BCUT2D eigenvalue weighted by Gasteiger charge is -2.09. The summed E-state index contributed by atoms with van der Waals surface area (Å²) in [4.78, 5) is 0. The Morgan fingerprint density at radius 1 is 1.42 bits per heavy atom. The first-order chi connectivity index (χ1) is 5.66. The summed E-state index contributed by atoms with van der Waals surface area (Å²) in [7, 11) is 0. The summed E-state index contributed by atoms with van der Waals surface area (Å²) in [6.45, 7) is 4.10. The van der Waals surface area contributed by atoms with E-state index < -0.39 is 11.3 Å². The molecule has 12 heavy (non-hydrogen) atoms. The number of rotatable bonds is 7. The third-order valence-electron chi connectivity index (χ3n) is 1.79. The Morgan fingerprint density at radius 2 is 2.08 bits per heavy atom. The van der Waals surface area contributed by atoms with Crippen molar-refractivity contribution in [2.24, 2.45) is 0 Å². The molecule has 0 fully saturated rings. The monoisotopic (exact) mass is 193 g/mol. The first kappa shape index (κ1) is 12.1. The topological polar surface area (TPSA) is 49.3 Å². The van der Waals surface area contributed by atoms with E-state index in [2.05, 4.69) is 11.6 Å². The van der Waals surface area contributed by atoms with Crippen LogP contribution in [0, 0.1) is 0 Å². The molecular weight excluding hydrogens is 174 g/mol. The summed E-state index contributed by atoms with van der Waals surface area (Å²) in [6.07, 6.45) is 5.83. The van der Waals surface area contributed by atoms with E-state index in [4.69, 9.17) is 4.55 Å². The number of hydrogen-bond acceptors (Lipinski definition) is 1. The van der Waals surface area contributed by atoms with Crippen molar-refractivity contribution in [2.75, 3.05) is 0 Å². The Balaban J connectivity index is 3.19. The first-order valence-corrected chi connectivity index (χ1v) is 5.64. The quantitative estimate of drug-likeness (QED) is 0.480. The van der Waals surface area contributed by atoms with E-state index in [-0.39, 0.29) is 6.04 Å². The van der Waals surface area contributed by atoms with Gasteiger partial charge in [0.2, 0.25) is 11.3 Å². The van der Waals surface area contributed by atoms with Crippen LogP contribution in [0.3, 0.4) is 0 Å². The summed E-state index contributed by atoms with van der Waals surface area (Å²) in [5.41, 5.74) is 0. The second-order valence-electron chi connectivity index (χ2n) is 3.12. The molecule has 0 amide bonds. The molecular formula is C8H19NO2S. The molecule has 0 aromatic heterocycles. The SMILES string of the molecule is CCCCCCC(C)NS(=O)O. The van der Waals surface area contributed by atoms with Crippen molar-refractivity contribution in [1.82, 2.24) is 4.72 Å². The molecule has 2 unspecified atom stereocenters. The molecule has 0 aliphatic heterocycles. The molecule has 0 aromatic rings. The van der Waals surface area contributed by atoms with Gasteiger partial charge in [-0.05, 0) is 13.3 Å². The molecule has 0 aliphatic carbocycles. The van der Waals surface area contributed by atoms with Crippen LogP contribution < -0.4 is 4.72 Å². The first-order valence-electron chi connectivity index (χ1n) is 4.53. The molecule has 2 N–H and O–H groups in total. The Bertz CT molecular complexity index is 130. The highest BCUT2D eigenvalue weighted by Crippen LogP contribution is 2.04. The maximum absolute atomic E-state index is 10.3. The van der Waals surface area contributed by atoms with Gasteiger partial charge < -0.3 is 0 Å². The summed E-state index contributed by atoms with van der Waals surface area (Å²) >= 11 is -1.85. The molecule has 0 bridgehead atoms. The van der Waals surface area contributed by atoms with Gasteiger partial charge in [-0.2, -0.15) is 0 Å². The van der Waals surface area contributed by atoms with Crippen molar-refractivity contribution < 1.29 is 8.76 Å². The zero-order valence-corrected chi connectivity index (χ0v) is 8.69. The van der Waals surface area contributed by atoms with Gasteiger partial charge in [0.25, 0.3) is 0 Å². The lowest BCUT2D eigenvalue weighted by Crippen LogP contribution is -2.27. The molecule has 0 saturated carbocycles. The Labute approximate surface area is 77.4 Å². The van der Waals surface area contributed by atoms with Gasteiger partial charge in [0, 0.05) is 6.04 Å². The van der Waals surface area contributed by atoms with E-state index in [1.54, 1.807) is 0 Å². The van der Waals surface area contributed by atoms with E-state index in [1.807, 2.05) is 6.92 Å². The summed E-state index contributed by atoms with van der Waals surface area (Å²) < 4.78 is 21.3. The van der Waals surface area contributed by atoms with E-state index in [1.165, 1.54) is 19.3 Å². The normalized spacial score (nSPS) is 15.9. The van der Waals surface area contributed by atoms with Crippen LogP contribution >= 0.6 is 0 Å². The molecule has 0 aliphatic rings. The van der Waals surface area contributed by atoms with Crippen LogP contribution in [-0.4, -0.2) is 14.8 Å². The van der Waals surface area contributed by atoms with Crippen molar-refractivity contribution >= 4 is 11.3 Å². The zero-order valence-electron chi connectivity index (χ0n) is 7.88. The van der Waals surface area contributed by atoms with Crippen molar-refractivity contribution in [3.05, 3.63) is 0 Å². The fraction of sp³-hybridized carbons (Fsp3) is 1.00. The highest BCUT2D eigenvalue weighted by molar-refractivity contribution is 7.77. The lowest BCUT2D eigenvalue weighted by atomic mass is 10.1. The van der Waals surface area contributed by atoms with Gasteiger partial charge in [-0.25, -0.2) is 8.93 Å². The molecule has 3 nitrogen and oxygen atoms in total. The van der Waals surface area contributed by atoms with E-state index in [0.29, 0.717) is 0 Å². The molecule has 0 aromatic carbocycles. The molecule has 0 rings (SSSR count). The van der Waals surface area contributed by atoms with Gasteiger partial charge in [0.15, 0.2) is 0 Å². The maximum atomic E-state index is 10.3. The predicted octanol–water partition coefficient (Wildman–Crippen LogP) is 2.07. The third kappa shape index (κ3) is 8.17. The smallest absolute Gasteiger partial charge is 0.231 e. The molecule has 0 heterocycles. The van der Waals surface area contributed by atoms with Crippen LogP contribution in [0.2, 0.25) is 0 Å². The van der Waals surface area contributed by atoms with Crippen molar-refractivity contribution in [1.29, 1.82) is 0 Å². The van der Waals surface area contributed by atoms with Crippen LogP contribution in [0.25, 0.3) is 0 Å². The molecule has 2 atom stereocenters. The van der Waals surface area contributed by atoms with Crippen molar-refractivity contribution in [2.45, 2.75) is 52.0 Å². The molecule has 0 saturated heterocycles. The molecule has 74 valence electrons. The standard InChI is InChI=1S/C8H19NO2S/c1-3-4-5-6-7-8(2)9-12(10)11/h8-9H,3-7H2,1-2H3,(H,10,11). The predicted molar refractivity (Wildman–Crippen MR) is 52.1 cm³/mol. The minimum absolute atomic E-state index is 0.146. The molecule has 4 heteroatoms. The van der Waals surface area contributed by atoms with Gasteiger partial charge in [-0.15, -0.1) is 0 Å². The second-order valence-corrected chi connectivity index (χ2v) is 3.85. The second kappa shape index (κ2) is 7.71. The van der Waals surface area contributed by atoms with E-state index in [9.17, 15) is 4.21 Å². The molecule has 0 radical (unpaired) electrons. The highest BCUT2D eigenvalue weighted by atomic mass is 32.2. The molecule has 0 spiro atoms. The van der Waals surface area contributed by atoms with Crippen LogP contribution in [-0.2, 0) is 11.3 Å². The van der Waals surface area contributed by atoms with Crippen molar-refractivity contribution in [3.8, 4) is 0 Å². The van der Waals surface area contributed by atoms with E-state index in [0.717, 1.165) is 12.8 Å². The fourth-order valence-corrected chi connectivity index (χ4v) is 1.57. The van der Waals surface area contributed by atoms with Gasteiger partial charge >= 0.3 is 0 Å². The largest absolute Gasteiger partial charge is 0.294 e. The highest BCUT2D eigenvalue weighted by Gasteiger charge is 2.02. The van der Waals surface area contributed by atoms with Crippen LogP contribution in [0.15, 0.2) is 0 Å². The van der Waals surface area contributed by atoms with Crippen LogP contribution in [0.1, 0.15) is 46.0 Å². The maximum Gasteiger partial charge on any atom is 0.231 e. The van der Waals surface area contributed by atoms with Crippen molar-refractivity contribution in [3.63, 3.8) is 0 Å². The average Bonchev–Trinajstić information content (AvgIpc) is 1.97. The zero-order chi connectivity index (χ0) is 9.40. The summed E-state index contributed by atoms with van der Waals surface area (Å²) in [5, 5.41) is 0. The number of nitrogens with one attached hydrogen (secondary N) is 1. The van der Waals surface area contributed by atoms with Gasteiger partial charge in [0.1, 0.15) is 0 Å². The number of unbranched alkanes of at least 4 members (excludes halogenated alkanes) is 3. The third-order valence-corrected chi connectivity index (χ3v) is 2.40.